The minimum atomic E-state index is -2.87. The zero-order chi connectivity index (χ0) is 14.1. The number of rotatable bonds is 8. The molecule has 0 saturated heterocycles. The largest absolute Gasteiger partial charge is 0.433 e. The molecule has 0 aromatic heterocycles. The van der Waals surface area contributed by atoms with Crippen LogP contribution in [0.25, 0.3) is 0 Å². The first-order chi connectivity index (χ1) is 9.13. The SMILES string of the molecule is N#CCCCCNCc1ccc(OC(F)F)c(Cl)c1. The zero-order valence-electron chi connectivity index (χ0n) is 10.3. The van der Waals surface area contributed by atoms with E-state index in [1.807, 2.05) is 0 Å². The molecule has 0 atom stereocenters. The van der Waals surface area contributed by atoms with E-state index in [0.717, 1.165) is 24.9 Å². The van der Waals surface area contributed by atoms with Crippen molar-refractivity contribution >= 4 is 11.6 Å². The summed E-state index contributed by atoms with van der Waals surface area (Å²) < 4.78 is 28.3. The quantitative estimate of drug-likeness (QED) is 0.742. The van der Waals surface area contributed by atoms with Gasteiger partial charge in [-0.25, -0.2) is 0 Å². The summed E-state index contributed by atoms with van der Waals surface area (Å²) in [5.41, 5.74) is 0.895. The fourth-order valence-electron chi connectivity index (χ4n) is 1.53. The van der Waals surface area contributed by atoms with Crippen LogP contribution >= 0.6 is 11.6 Å². The van der Waals surface area contributed by atoms with Crippen molar-refractivity contribution in [2.24, 2.45) is 0 Å². The predicted molar refractivity (Wildman–Crippen MR) is 69.3 cm³/mol. The van der Waals surface area contributed by atoms with Crippen LogP contribution in [0.1, 0.15) is 24.8 Å². The van der Waals surface area contributed by atoms with E-state index in [4.69, 9.17) is 16.9 Å². The number of unbranched alkanes of at least 4 members (excludes halogenated alkanes) is 2. The van der Waals surface area contributed by atoms with Crippen molar-refractivity contribution in [1.29, 1.82) is 5.26 Å². The van der Waals surface area contributed by atoms with E-state index in [-0.39, 0.29) is 10.8 Å². The fraction of sp³-hybridized carbons (Fsp3) is 0.462. The minimum Gasteiger partial charge on any atom is -0.433 e. The Balaban J connectivity index is 2.35. The lowest BCUT2D eigenvalue weighted by molar-refractivity contribution is -0.0497. The van der Waals surface area contributed by atoms with E-state index in [1.54, 1.807) is 12.1 Å². The average molecular weight is 289 g/mol. The van der Waals surface area contributed by atoms with Crippen LogP contribution in [0.15, 0.2) is 18.2 Å². The van der Waals surface area contributed by atoms with Gasteiger partial charge in [0.2, 0.25) is 0 Å². The molecule has 0 aliphatic carbocycles. The van der Waals surface area contributed by atoms with E-state index >= 15 is 0 Å². The Morgan fingerprint density at radius 3 is 2.79 bits per heavy atom. The van der Waals surface area contributed by atoms with Gasteiger partial charge in [0.1, 0.15) is 5.75 Å². The van der Waals surface area contributed by atoms with Crippen molar-refractivity contribution in [3.05, 3.63) is 28.8 Å². The molecule has 1 rings (SSSR count). The maximum atomic E-state index is 12.0. The minimum absolute atomic E-state index is 0.0190. The molecule has 0 aliphatic rings. The van der Waals surface area contributed by atoms with Crippen molar-refractivity contribution in [3.8, 4) is 11.8 Å². The van der Waals surface area contributed by atoms with E-state index in [9.17, 15) is 8.78 Å². The molecule has 19 heavy (non-hydrogen) atoms. The predicted octanol–water partition coefficient (Wildman–Crippen LogP) is 3.72. The number of benzene rings is 1. The third-order valence-corrected chi connectivity index (χ3v) is 2.73. The van der Waals surface area contributed by atoms with Gasteiger partial charge in [0.15, 0.2) is 0 Å². The van der Waals surface area contributed by atoms with Gasteiger partial charge in [0.25, 0.3) is 0 Å². The van der Waals surface area contributed by atoms with Crippen molar-refractivity contribution in [1.82, 2.24) is 5.32 Å². The average Bonchev–Trinajstić information content (AvgIpc) is 2.36. The molecule has 6 heteroatoms. The molecule has 0 aliphatic heterocycles. The van der Waals surface area contributed by atoms with Gasteiger partial charge in [0, 0.05) is 13.0 Å². The number of hydrogen-bond donors (Lipinski definition) is 1. The van der Waals surface area contributed by atoms with Gasteiger partial charge >= 0.3 is 6.61 Å². The molecule has 0 radical (unpaired) electrons. The summed E-state index contributed by atoms with van der Waals surface area (Å²) in [5.74, 6) is -0.0190. The lowest BCUT2D eigenvalue weighted by Gasteiger charge is -2.09. The summed E-state index contributed by atoms with van der Waals surface area (Å²) in [5, 5.41) is 11.7. The Morgan fingerprint density at radius 1 is 1.37 bits per heavy atom. The number of nitrogens with one attached hydrogen (secondary N) is 1. The summed E-state index contributed by atoms with van der Waals surface area (Å²) in [4.78, 5) is 0. The molecule has 0 spiro atoms. The molecule has 1 aromatic rings. The lowest BCUT2D eigenvalue weighted by Crippen LogP contribution is -2.14. The van der Waals surface area contributed by atoms with Crippen LogP contribution in [-0.2, 0) is 6.54 Å². The topological polar surface area (TPSA) is 45.0 Å². The van der Waals surface area contributed by atoms with Crippen molar-refractivity contribution < 1.29 is 13.5 Å². The van der Waals surface area contributed by atoms with Crippen molar-refractivity contribution in [3.63, 3.8) is 0 Å². The van der Waals surface area contributed by atoms with Gasteiger partial charge in [-0.1, -0.05) is 17.7 Å². The molecule has 0 fully saturated rings. The molecule has 1 N–H and O–H groups in total. The van der Waals surface area contributed by atoms with Crippen LogP contribution in [-0.4, -0.2) is 13.2 Å². The van der Waals surface area contributed by atoms with E-state index in [2.05, 4.69) is 16.1 Å². The fourth-order valence-corrected chi connectivity index (χ4v) is 1.78. The van der Waals surface area contributed by atoms with Crippen molar-refractivity contribution in [2.75, 3.05) is 6.54 Å². The zero-order valence-corrected chi connectivity index (χ0v) is 11.1. The normalized spacial score (nSPS) is 10.5. The van der Waals surface area contributed by atoms with Gasteiger partial charge in [0.05, 0.1) is 11.1 Å². The summed E-state index contributed by atoms with van der Waals surface area (Å²) in [6.07, 6.45) is 2.35. The number of nitrogens with zero attached hydrogens (tertiary/aromatic N) is 1. The van der Waals surface area contributed by atoms with Crippen LogP contribution in [0.2, 0.25) is 5.02 Å². The highest BCUT2D eigenvalue weighted by molar-refractivity contribution is 6.32. The standard InChI is InChI=1S/C13H15ClF2N2O/c14-11-8-10(4-5-12(11)19-13(15)16)9-18-7-3-1-2-6-17/h4-5,8,13,18H,1-3,7,9H2. The van der Waals surface area contributed by atoms with Gasteiger partial charge < -0.3 is 10.1 Å². The van der Waals surface area contributed by atoms with Gasteiger partial charge in [-0.3, -0.25) is 0 Å². The van der Waals surface area contributed by atoms with Crippen LogP contribution in [0.4, 0.5) is 8.78 Å². The maximum absolute atomic E-state index is 12.0. The van der Waals surface area contributed by atoms with Crippen LogP contribution in [0.3, 0.4) is 0 Å². The highest BCUT2D eigenvalue weighted by Crippen LogP contribution is 2.26. The Hall–Kier alpha value is -1.38. The van der Waals surface area contributed by atoms with Gasteiger partial charge in [-0.05, 0) is 37.1 Å². The maximum Gasteiger partial charge on any atom is 0.387 e. The molecule has 0 saturated carbocycles. The lowest BCUT2D eigenvalue weighted by atomic mass is 10.2. The Bertz CT molecular complexity index is 435. The summed E-state index contributed by atoms with van der Waals surface area (Å²) >= 11 is 5.83. The van der Waals surface area contributed by atoms with E-state index in [0.29, 0.717) is 13.0 Å². The second-order valence-corrected chi connectivity index (χ2v) is 4.34. The highest BCUT2D eigenvalue weighted by atomic mass is 35.5. The first-order valence-corrected chi connectivity index (χ1v) is 6.32. The second-order valence-electron chi connectivity index (χ2n) is 3.94. The highest BCUT2D eigenvalue weighted by Gasteiger charge is 2.08. The third-order valence-electron chi connectivity index (χ3n) is 2.43. The molecule has 104 valence electrons. The second kappa shape index (κ2) is 8.68. The first-order valence-electron chi connectivity index (χ1n) is 5.94. The summed E-state index contributed by atoms with van der Waals surface area (Å²) in [7, 11) is 0. The molecular formula is C13H15ClF2N2O. The monoisotopic (exact) mass is 288 g/mol. The van der Waals surface area contributed by atoms with Gasteiger partial charge in [-0.15, -0.1) is 0 Å². The smallest absolute Gasteiger partial charge is 0.387 e. The Labute approximate surface area is 116 Å². The number of nitriles is 1. The first kappa shape index (κ1) is 15.7. The number of ether oxygens (including phenoxy) is 1. The van der Waals surface area contributed by atoms with E-state index < -0.39 is 6.61 Å². The number of alkyl halides is 2. The van der Waals surface area contributed by atoms with Crippen molar-refractivity contribution in [2.45, 2.75) is 32.4 Å². The molecule has 0 bridgehead atoms. The molecule has 0 amide bonds. The third kappa shape index (κ3) is 6.37. The molecule has 3 nitrogen and oxygen atoms in total. The summed E-state index contributed by atoms with van der Waals surface area (Å²) in [6, 6.07) is 6.80. The van der Waals surface area contributed by atoms with E-state index in [1.165, 1.54) is 6.07 Å². The van der Waals surface area contributed by atoms with Crippen LogP contribution < -0.4 is 10.1 Å². The van der Waals surface area contributed by atoms with Gasteiger partial charge in [-0.2, -0.15) is 14.0 Å². The number of halogens is 3. The molecule has 0 unspecified atom stereocenters. The van der Waals surface area contributed by atoms with Crippen LogP contribution in [0, 0.1) is 11.3 Å². The molecule has 0 heterocycles. The number of hydrogen-bond acceptors (Lipinski definition) is 3. The Morgan fingerprint density at radius 2 is 2.16 bits per heavy atom. The molecular weight excluding hydrogens is 274 g/mol. The summed E-state index contributed by atoms with van der Waals surface area (Å²) in [6.45, 7) is -1.47. The molecule has 1 aromatic carbocycles. The Kier molecular flexibility index (Phi) is 7.16. The van der Waals surface area contributed by atoms with Crippen LogP contribution in [0.5, 0.6) is 5.75 Å².